The van der Waals surface area contributed by atoms with Crippen LogP contribution in [0.2, 0.25) is 0 Å². The Morgan fingerprint density at radius 1 is 1.19 bits per heavy atom. The second kappa shape index (κ2) is 8.08. The molecule has 0 N–H and O–H groups in total. The summed E-state index contributed by atoms with van der Waals surface area (Å²) in [6.45, 7) is 6.25. The standard InChI is InChI=1S/C20H26N4O3/c1-15-5-2-3-7-17(15)19-21-18(27-22-19)13-16-6-4-8-24(14-16)20(25)23-9-11-26-12-10-23/h2-3,5,7,16H,4,6,8-14H2,1H3/t16-/m0/s1. The van der Waals surface area contributed by atoms with Gasteiger partial charge in [-0.2, -0.15) is 4.98 Å². The number of ether oxygens (including phenoxy) is 1. The van der Waals surface area contributed by atoms with Gasteiger partial charge in [-0.1, -0.05) is 29.4 Å². The minimum atomic E-state index is 0.133. The van der Waals surface area contributed by atoms with Crippen molar-refractivity contribution in [2.75, 3.05) is 39.4 Å². The SMILES string of the molecule is Cc1ccccc1-c1noc(C[C@@H]2CCCN(C(=O)N3CCOCC3)C2)n1. The number of carbonyl (C=O) groups is 1. The average molecular weight is 370 g/mol. The van der Waals surface area contributed by atoms with Crippen molar-refractivity contribution in [1.82, 2.24) is 19.9 Å². The maximum absolute atomic E-state index is 12.7. The zero-order chi connectivity index (χ0) is 18.6. The molecule has 3 heterocycles. The van der Waals surface area contributed by atoms with E-state index in [-0.39, 0.29) is 6.03 Å². The van der Waals surface area contributed by atoms with Gasteiger partial charge in [0.05, 0.1) is 13.2 Å². The molecule has 0 unspecified atom stereocenters. The van der Waals surface area contributed by atoms with E-state index in [1.165, 1.54) is 0 Å². The first-order chi connectivity index (χ1) is 13.2. The second-order valence-corrected chi connectivity index (χ2v) is 7.37. The van der Waals surface area contributed by atoms with E-state index in [1.807, 2.05) is 41.0 Å². The van der Waals surface area contributed by atoms with Crippen molar-refractivity contribution in [1.29, 1.82) is 0 Å². The third kappa shape index (κ3) is 4.13. The molecule has 0 spiro atoms. The summed E-state index contributed by atoms with van der Waals surface area (Å²) in [6.07, 6.45) is 2.81. The minimum Gasteiger partial charge on any atom is -0.378 e. The number of benzene rings is 1. The van der Waals surface area contributed by atoms with E-state index in [9.17, 15) is 4.79 Å². The molecule has 2 saturated heterocycles. The number of hydrogen-bond acceptors (Lipinski definition) is 5. The van der Waals surface area contributed by atoms with Crippen LogP contribution in [0.3, 0.4) is 0 Å². The first-order valence-corrected chi connectivity index (χ1v) is 9.71. The van der Waals surface area contributed by atoms with Gasteiger partial charge >= 0.3 is 6.03 Å². The monoisotopic (exact) mass is 370 g/mol. The molecule has 1 atom stereocenters. The molecular formula is C20H26N4O3. The maximum Gasteiger partial charge on any atom is 0.320 e. The molecule has 2 aromatic rings. The summed E-state index contributed by atoms with van der Waals surface area (Å²) in [5.41, 5.74) is 2.13. The zero-order valence-electron chi connectivity index (χ0n) is 15.8. The van der Waals surface area contributed by atoms with Gasteiger partial charge in [-0.05, 0) is 31.2 Å². The van der Waals surface area contributed by atoms with E-state index < -0.39 is 0 Å². The van der Waals surface area contributed by atoms with E-state index in [0.717, 1.165) is 37.1 Å². The van der Waals surface area contributed by atoms with Crippen LogP contribution in [0.1, 0.15) is 24.3 Å². The molecule has 2 amide bonds. The lowest BCUT2D eigenvalue weighted by Crippen LogP contribution is -2.51. The van der Waals surface area contributed by atoms with Gasteiger partial charge in [-0.3, -0.25) is 0 Å². The average Bonchev–Trinajstić information content (AvgIpc) is 3.17. The number of nitrogens with zero attached hydrogens (tertiary/aromatic N) is 4. The van der Waals surface area contributed by atoms with Crippen LogP contribution in [-0.2, 0) is 11.2 Å². The lowest BCUT2D eigenvalue weighted by molar-refractivity contribution is 0.0389. The Labute approximate surface area is 159 Å². The highest BCUT2D eigenvalue weighted by atomic mass is 16.5. The van der Waals surface area contributed by atoms with Gasteiger partial charge in [0.15, 0.2) is 0 Å². The van der Waals surface area contributed by atoms with Gasteiger partial charge in [-0.25, -0.2) is 4.79 Å². The van der Waals surface area contributed by atoms with Crippen molar-refractivity contribution in [3.8, 4) is 11.4 Å². The van der Waals surface area contributed by atoms with E-state index in [4.69, 9.17) is 9.26 Å². The molecule has 0 aliphatic carbocycles. The van der Waals surface area contributed by atoms with Crippen LogP contribution in [0.5, 0.6) is 0 Å². The normalized spacial score (nSPS) is 20.7. The fourth-order valence-corrected chi connectivity index (χ4v) is 3.88. The van der Waals surface area contributed by atoms with Crippen LogP contribution in [-0.4, -0.2) is 65.4 Å². The number of morpholine rings is 1. The highest BCUT2D eigenvalue weighted by Gasteiger charge is 2.29. The fraction of sp³-hybridized carbons (Fsp3) is 0.550. The van der Waals surface area contributed by atoms with Crippen LogP contribution < -0.4 is 0 Å². The van der Waals surface area contributed by atoms with Gasteiger partial charge in [0.1, 0.15) is 0 Å². The molecule has 1 aromatic heterocycles. The molecule has 4 rings (SSSR count). The van der Waals surface area contributed by atoms with Gasteiger partial charge in [-0.15, -0.1) is 0 Å². The predicted molar refractivity (Wildman–Crippen MR) is 100 cm³/mol. The van der Waals surface area contributed by atoms with E-state index in [1.54, 1.807) is 0 Å². The van der Waals surface area contributed by atoms with Gasteiger partial charge in [0.2, 0.25) is 11.7 Å². The summed E-state index contributed by atoms with van der Waals surface area (Å²) in [6, 6.07) is 8.17. The number of likely N-dealkylation sites (tertiary alicyclic amines) is 1. The topological polar surface area (TPSA) is 71.7 Å². The first-order valence-electron chi connectivity index (χ1n) is 9.71. The third-order valence-electron chi connectivity index (χ3n) is 5.39. The van der Waals surface area contributed by atoms with Crippen LogP contribution in [0.4, 0.5) is 4.79 Å². The first kappa shape index (κ1) is 18.0. The molecular weight excluding hydrogens is 344 g/mol. The number of urea groups is 1. The van der Waals surface area contributed by atoms with Crippen molar-refractivity contribution < 1.29 is 14.1 Å². The van der Waals surface area contributed by atoms with Crippen molar-refractivity contribution in [3.63, 3.8) is 0 Å². The number of piperidine rings is 1. The molecule has 7 nitrogen and oxygen atoms in total. The Hall–Kier alpha value is -2.41. The van der Waals surface area contributed by atoms with Gasteiger partial charge in [0, 0.05) is 38.2 Å². The molecule has 144 valence electrons. The molecule has 1 aromatic carbocycles. The summed E-state index contributed by atoms with van der Waals surface area (Å²) in [5.74, 6) is 1.65. The summed E-state index contributed by atoms with van der Waals surface area (Å²) in [5, 5.41) is 4.15. The number of hydrogen-bond donors (Lipinski definition) is 0. The lowest BCUT2D eigenvalue weighted by atomic mass is 9.95. The summed E-state index contributed by atoms with van der Waals surface area (Å²) in [7, 11) is 0. The molecule has 0 bridgehead atoms. The van der Waals surface area contributed by atoms with Crippen molar-refractivity contribution in [2.45, 2.75) is 26.2 Å². The van der Waals surface area contributed by atoms with Crippen LogP contribution in [0, 0.1) is 12.8 Å². The number of aromatic nitrogens is 2. The molecule has 27 heavy (non-hydrogen) atoms. The van der Waals surface area contributed by atoms with E-state index in [0.29, 0.717) is 50.4 Å². The van der Waals surface area contributed by atoms with Crippen molar-refractivity contribution in [3.05, 3.63) is 35.7 Å². The second-order valence-electron chi connectivity index (χ2n) is 7.37. The van der Waals surface area contributed by atoms with Crippen molar-refractivity contribution >= 4 is 6.03 Å². The van der Waals surface area contributed by atoms with Gasteiger partial charge < -0.3 is 19.1 Å². The lowest BCUT2D eigenvalue weighted by Gasteiger charge is -2.37. The minimum absolute atomic E-state index is 0.133. The summed E-state index contributed by atoms with van der Waals surface area (Å²) in [4.78, 5) is 21.2. The number of carbonyl (C=O) groups excluding carboxylic acids is 1. The molecule has 2 aliphatic heterocycles. The third-order valence-corrected chi connectivity index (χ3v) is 5.39. The predicted octanol–water partition coefficient (Wildman–Crippen LogP) is 2.75. The quantitative estimate of drug-likeness (QED) is 0.831. The Morgan fingerprint density at radius 3 is 2.81 bits per heavy atom. The zero-order valence-corrected chi connectivity index (χ0v) is 15.8. The molecule has 2 fully saturated rings. The highest BCUT2D eigenvalue weighted by Crippen LogP contribution is 2.24. The van der Waals surface area contributed by atoms with E-state index in [2.05, 4.69) is 10.1 Å². The van der Waals surface area contributed by atoms with Crippen LogP contribution >= 0.6 is 0 Å². The molecule has 7 heteroatoms. The maximum atomic E-state index is 12.7. The highest BCUT2D eigenvalue weighted by molar-refractivity contribution is 5.74. The van der Waals surface area contributed by atoms with Crippen LogP contribution in [0.25, 0.3) is 11.4 Å². The fourth-order valence-electron chi connectivity index (χ4n) is 3.88. The summed E-state index contributed by atoms with van der Waals surface area (Å²) < 4.78 is 10.8. The smallest absolute Gasteiger partial charge is 0.320 e. The van der Waals surface area contributed by atoms with E-state index >= 15 is 0 Å². The largest absolute Gasteiger partial charge is 0.378 e. The number of rotatable bonds is 3. The molecule has 2 aliphatic rings. The Morgan fingerprint density at radius 2 is 2.00 bits per heavy atom. The van der Waals surface area contributed by atoms with Gasteiger partial charge in [0.25, 0.3) is 0 Å². The summed E-state index contributed by atoms with van der Waals surface area (Å²) >= 11 is 0. The van der Waals surface area contributed by atoms with Crippen molar-refractivity contribution in [2.24, 2.45) is 5.92 Å². The Bertz CT molecular complexity index is 785. The van der Waals surface area contributed by atoms with Crippen LogP contribution in [0.15, 0.2) is 28.8 Å². The number of amides is 2. The molecule has 0 saturated carbocycles. The number of aryl methyl sites for hydroxylation is 1. The molecule has 0 radical (unpaired) electrons. The Kier molecular flexibility index (Phi) is 5.38. The Balaban J connectivity index is 1.38.